The third-order valence-electron chi connectivity index (χ3n) is 3.50. The lowest BCUT2D eigenvalue weighted by atomic mass is 9.86. The SMILES string of the molecule is CC(C)(C)C1NCCCN(c2ccc(Cl)c(Cl)c2)C1=O. The lowest BCUT2D eigenvalue weighted by Gasteiger charge is -2.32. The minimum absolute atomic E-state index is 0.0911. The van der Waals surface area contributed by atoms with E-state index in [0.29, 0.717) is 16.6 Å². The highest BCUT2D eigenvalue weighted by Crippen LogP contribution is 2.30. The van der Waals surface area contributed by atoms with Gasteiger partial charge in [0.15, 0.2) is 0 Å². The Labute approximate surface area is 130 Å². The van der Waals surface area contributed by atoms with Gasteiger partial charge in [0.05, 0.1) is 16.1 Å². The Morgan fingerprint density at radius 2 is 1.95 bits per heavy atom. The van der Waals surface area contributed by atoms with E-state index in [1.807, 2.05) is 6.07 Å². The van der Waals surface area contributed by atoms with Gasteiger partial charge < -0.3 is 10.2 Å². The van der Waals surface area contributed by atoms with Gasteiger partial charge in [0.1, 0.15) is 0 Å². The fourth-order valence-corrected chi connectivity index (χ4v) is 2.72. The van der Waals surface area contributed by atoms with Crippen molar-refractivity contribution in [2.75, 3.05) is 18.0 Å². The van der Waals surface area contributed by atoms with Crippen LogP contribution in [0.3, 0.4) is 0 Å². The Balaban J connectivity index is 2.34. The van der Waals surface area contributed by atoms with Gasteiger partial charge in [-0.2, -0.15) is 0 Å². The van der Waals surface area contributed by atoms with Gasteiger partial charge in [-0.25, -0.2) is 0 Å². The smallest absolute Gasteiger partial charge is 0.244 e. The minimum atomic E-state index is -0.195. The molecule has 1 fully saturated rings. The topological polar surface area (TPSA) is 32.3 Å². The van der Waals surface area contributed by atoms with Crippen LogP contribution in [0.2, 0.25) is 10.0 Å². The van der Waals surface area contributed by atoms with Crippen molar-refractivity contribution >= 4 is 34.8 Å². The minimum Gasteiger partial charge on any atom is -0.311 e. The fourth-order valence-electron chi connectivity index (χ4n) is 2.42. The van der Waals surface area contributed by atoms with E-state index in [9.17, 15) is 4.79 Å². The number of carbonyl (C=O) groups is 1. The van der Waals surface area contributed by atoms with E-state index in [2.05, 4.69) is 26.1 Å². The molecule has 2 rings (SSSR count). The summed E-state index contributed by atoms with van der Waals surface area (Å²) < 4.78 is 0. The first-order chi connectivity index (χ1) is 9.30. The van der Waals surface area contributed by atoms with Gasteiger partial charge in [0, 0.05) is 12.2 Å². The summed E-state index contributed by atoms with van der Waals surface area (Å²) in [5, 5.41) is 4.32. The first-order valence-corrected chi connectivity index (χ1v) is 7.56. The Hall–Kier alpha value is -0.770. The molecule has 1 amide bonds. The average molecular weight is 315 g/mol. The molecule has 0 aliphatic carbocycles. The van der Waals surface area contributed by atoms with E-state index < -0.39 is 0 Å². The van der Waals surface area contributed by atoms with E-state index in [4.69, 9.17) is 23.2 Å². The molecule has 20 heavy (non-hydrogen) atoms. The average Bonchev–Trinajstić information content (AvgIpc) is 2.54. The molecule has 0 aromatic heterocycles. The molecule has 1 saturated heterocycles. The highest BCUT2D eigenvalue weighted by Gasteiger charge is 2.36. The van der Waals surface area contributed by atoms with Gasteiger partial charge in [-0.1, -0.05) is 44.0 Å². The number of nitrogens with zero attached hydrogens (tertiary/aromatic N) is 1. The van der Waals surface area contributed by atoms with Crippen molar-refractivity contribution in [1.82, 2.24) is 5.32 Å². The molecular formula is C15H20Cl2N2O. The summed E-state index contributed by atoms with van der Waals surface area (Å²) in [4.78, 5) is 14.6. The highest BCUT2D eigenvalue weighted by atomic mass is 35.5. The lowest BCUT2D eigenvalue weighted by molar-refractivity contribution is -0.122. The Morgan fingerprint density at radius 1 is 1.25 bits per heavy atom. The number of amides is 1. The van der Waals surface area contributed by atoms with Crippen LogP contribution in [0.5, 0.6) is 0 Å². The van der Waals surface area contributed by atoms with Gasteiger partial charge in [0.2, 0.25) is 5.91 Å². The molecule has 0 radical (unpaired) electrons. The van der Waals surface area contributed by atoms with Gasteiger partial charge in [-0.3, -0.25) is 4.79 Å². The Bertz CT molecular complexity index is 511. The summed E-state index contributed by atoms with van der Waals surface area (Å²) >= 11 is 12.0. The van der Waals surface area contributed by atoms with Crippen LogP contribution in [-0.4, -0.2) is 25.0 Å². The molecule has 1 aromatic carbocycles. The van der Waals surface area contributed by atoms with E-state index in [-0.39, 0.29) is 17.4 Å². The lowest BCUT2D eigenvalue weighted by Crippen LogP contribution is -2.51. The maximum atomic E-state index is 12.8. The van der Waals surface area contributed by atoms with Crippen molar-refractivity contribution in [3.63, 3.8) is 0 Å². The number of rotatable bonds is 1. The zero-order valence-electron chi connectivity index (χ0n) is 12.0. The maximum Gasteiger partial charge on any atom is 0.244 e. The van der Waals surface area contributed by atoms with Gasteiger partial charge in [-0.15, -0.1) is 0 Å². The molecule has 5 heteroatoms. The first kappa shape index (κ1) is 15.6. The molecule has 0 bridgehead atoms. The van der Waals surface area contributed by atoms with Crippen molar-refractivity contribution in [1.29, 1.82) is 0 Å². The molecular weight excluding hydrogens is 295 g/mol. The van der Waals surface area contributed by atoms with Crippen LogP contribution in [0, 0.1) is 5.41 Å². The van der Waals surface area contributed by atoms with Gasteiger partial charge in [-0.05, 0) is 36.6 Å². The summed E-state index contributed by atoms with van der Waals surface area (Å²) in [5.41, 5.74) is 0.679. The number of hydrogen-bond acceptors (Lipinski definition) is 2. The van der Waals surface area contributed by atoms with E-state index in [1.54, 1.807) is 17.0 Å². The van der Waals surface area contributed by atoms with Crippen molar-refractivity contribution in [3.8, 4) is 0 Å². The van der Waals surface area contributed by atoms with E-state index in [1.165, 1.54) is 0 Å². The summed E-state index contributed by atoms with van der Waals surface area (Å²) in [6.07, 6.45) is 0.915. The number of anilines is 1. The molecule has 1 atom stereocenters. The van der Waals surface area contributed by atoms with E-state index in [0.717, 1.165) is 18.7 Å². The van der Waals surface area contributed by atoms with Crippen molar-refractivity contribution in [2.45, 2.75) is 33.2 Å². The standard InChI is InChI=1S/C15H20Cl2N2O/c1-15(2,3)13-14(20)19(8-4-7-18-13)10-5-6-11(16)12(17)9-10/h5-6,9,13,18H,4,7-8H2,1-3H3. The second-order valence-electron chi connectivity index (χ2n) is 6.20. The molecule has 1 N–H and O–H groups in total. The van der Waals surface area contributed by atoms with Crippen LogP contribution in [0.1, 0.15) is 27.2 Å². The molecule has 1 aromatic rings. The van der Waals surface area contributed by atoms with Crippen LogP contribution >= 0.6 is 23.2 Å². The predicted molar refractivity (Wildman–Crippen MR) is 84.7 cm³/mol. The third kappa shape index (κ3) is 3.27. The first-order valence-electron chi connectivity index (χ1n) is 6.80. The zero-order valence-corrected chi connectivity index (χ0v) is 13.6. The number of halogens is 2. The quantitative estimate of drug-likeness (QED) is 0.856. The zero-order chi connectivity index (χ0) is 14.9. The number of benzene rings is 1. The molecule has 1 unspecified atom stereocenters. The van der Waals surface area contributed by atoms with Crippen LogP contribution < -0.4 is 10.2 Å². The molecule has 1 heterocycles. The summed E-state index contributed by atoms with van der Waals surface area (Å²) in [6.45, 7) is 7.74. The van der Waals surface area contributed by atoms with Crippen LogP contribution in [0.15, 0.2) is 18.2 Å². The number of carbonyl (C=O) groups excluding carboxylic acids is 1. The molecule has 1 aliphatic heterocycles. The van der Waals surface area contributed by atoms with Crippen molar-refractivity contribution < 1.29 is 4.79 Å². The second kappa shape index (κ2) is 5.92. The van der Waals surface area contributed by atoms with Gasteiger partial charge >= 0.3 is 0 Å². The highest BCUT2D eigenvalue weighted by molar-refractivity contribution is 6.42. The summed E-state index contributed by atoms with van der Waals surface area (Å²) in [5.74, 6) is 0.0911. The normalized spacial score (nSPS) is 20.9. The Morgan fingerprint density at radius 3 is 2.55 bits per heavy atom. The monoisotopic (exact) mass is 314 g/mol. The summed E-state index contributed by atoms with van der Waals surface area (Å²) in [6, 6.07) is 5.14. The summed E-state index contributed by atoms with van der Waals surface area (Å²) in [7, 11) is 0. The Kier molecular flexibility index (Phi) is 4.62. The van der Waals surface area contributed by atoms with Crippen LogP contribution in [-0.2, 0) is 4.79 Å². The van der Waals surface area contributed by atoms with Crippen LogP contribution in [0.4, 0.5) is 5.69 Å². The molecule has 110 valence electrons. The molecule has 1 aliphatic rings. The second-order valence-corrected chi connectivity index (χ2v) is 7.01. The number of nitrogens with one attached hydrogen (secondary N) is 1. The molecule has 3 nitrogen and oxygen atoms in total. The molecule has 0 saturated carbocycles. The molecule has 0 spiro atoms. The van der Waals surface area contributed by atoms with Crippen molar-refractivity contribution in [3.05, 3.63) is 28.2 Å². The predicted octanol–water partition coefficient (Wildman–Crippen LogP) is 3.73. The maximum absolute atomic E-state index is 12.8. The fraction of sp³-hybridized carbons (Fsp3) is 0.533. The van der Waals surface area contributed by atoms with E-state index >= 15 is 0 Å². The largest absolute Gasteiger partial charge is 0.311 e. The van der Waals surface area contributed by atoms with Gasteiger partial charge in [0.25, 0.3) is 0 Å². The van der Waals surface area contributed by atoms with Crippen molar-refractivity contribution in [2.24, 2.45) is 5.41 Å². The van der Waals surface area contributed by atoms with Crippen LogP contribution in [0.25, 0.3) is 0 Å². The number of hydrogen-bond donors (Lipinski definition) is 1. The third-order valence-corrected chi connectivity index (χ3v) is 4.24.